The maximum Gasteiger partial charge on any atom is 0.337 e. The molecule has 2 atom stereocenters. The van der Waals surface area contributed by atoms with Gasteiger partial charge in [-0.05, 0) is 30.4 Å². The Kier molecular flexibility index (Phi) is 4.30. The lowest BCUT2D eigenvalue weighted by atomic mass is 9.98. The van der Waals surface area contributed by atoms with E-state index in [1.807, 2.05) is 0 Å². The fraction of sp³-hybridized carbons (Fsp3) is 0.533. The van der Waals surface area contributed by atoms with Crippen LogP contribution in [0.3, 0.4) is 0 Å². The summed E-state index contributed by atoms with van der Waals surface area (Å²) < 4.78 is 5.15. The molecule has 1 aromatic carbocycles. The minimum absolute atomic E-state index is 0.298. The zero-order chi connectivity index (χ0) is 13.8. The van der Waals surface area contributed by atoms with Gasteiger partial charge >= 0.3 is 5.97 Å². The summed E-state index contributed by atoms with van der Waals surface area (Å²) in [5.74, 6) is 1.11. The SMILES string of the molecule is COc1ccc(C(=O)O)c(NCC2CCCC2C)c1. The van der Waals surface area contributed by atoms with Gasteiger partial charge in [0.05, 0.1) is 18.4 Å². The van der Waals surface area contributed by atoms with Crippen LogP contribution >= 0.6 is 0 Å². The number of carbonyl (C=O) groups is 1. The number of carboxylic acid groups (broad SMARTS) is 1. The molecule has 0 bridgehead atoms. The molecule has 2 unspecified atom stereocenters. The molecule has 19 heavy (non-hydrogen) atoms. The molecule has 0 heterocycles. The summed E-state index contributed by atoms with van der Waals surface area (Å²) in [5, 5.41) is 12.5. The van der Waals surface area contributed by atoms with Gasteiger partial charge in [-0.1, -0.05) is 19.8 Å². The number of carboxylic acids is 1. The van der Waals surface area contributed by atoms with E-state index in [-0.39, 0.29) is 0 Å². The summed E-state index contributed by atoms with van der Waals surface area (Å²) in [6.45, 7) is 3.09. The van der Waals surface area contributed by atoms with Crippen LogP contribution in [-0.2, 0) is 0 Å². The molecule has 2 rings (SSSR count). The fourth-order valence-electron chi connectivity index (χ4n) is 2.75. The Morgan fingerprint density at radius 2 is 2.26 bits per heavy atom. The molecule has 0 saturated heterocycles. The molecule has 1 aliphatic carbocycles. The van der Waals surface area contributed by atoms with Crippen molar-refractivity contribution in [2.24, 2.45) is 11.8 Å². The van der Waals surface area contributed by atoms with E-state index in [0.29, 0.717) is 28.8 Å². The molecule has 1 aromatic rings. The van der Waals surface area contributed by atoms with E-state index in [1.165, 1.54) is 19.3 Å². The standard InChI is InChI=1S/C15H21NO3/c1-10-4-3-5-11(10)9-16-14-8-12(19-2)6-7-13(14)15(17)18/h6-8,10-11,16H,3-5,9H2,1-2H3,(H,17,18). The highest BCUT2D eigenvalue weighted by Crippen LogP contribution is 2.32. The second kappa shape index (κ2) is 5.95. The number of hydrogen-bond donors (Lipinski definition) is 2. The van der Waals surface area contributed by atoms with Crippen molar-refractivity contribution in [1.82, 2.24) is 0 Å². The Balaban J connectivity index is 2.10. The predicted molar refractivity (Wildman–Crippen MR) is 74.9 cm³/mol. The number of aromatic carboxylic acids is 1. The van der Waals surface area contributed by atoms with Crippen LogP contribution in [0.1, 0.15) is 36.5 Å². The van der Waals surface area contributed by atoms with Crippen molar-refractivity contribution in [3.63, 3.8) is 0 Å². The molecule has 0 radical (unpaired) electrons. The van der Waals surface area contributed by atoms with Crippen LogP contribution in [-0.4, -0.2) is 24.7 Å². The molecule has 0 aliphatic heterocycles. The van der Waals surface area contributed by atoms with Gasteiger partial charge in [-0.25, -0.2) is 4.79 Å². The summed E-state index contributed by atoms with van der Waals surface area (Å²) >= 11 is 0. The average molecular weight is 263 g/mol. The molecule has 0 spiro atoms. The van der Waals surface area contributed by atoms with E-state index in [9.17, 15) is 9.90 Å². The number of anilines is 1. The quantitative estimate of drug-likeness (QED) is 0.856. The first-order valence-electron chi connectivity index (χ1n) is 6.77. The topological polar surface area (TPSA) is 58.6 Å². The van der Waals surface area contributed by atoms with Gasteiger partial charge in [0.25, 0.3) is 0 Å². The average Bonchev–Trinajstić information content (AvgIpc) is 2.81. The van der Waals surface area contributed by atoms with Gasteiger partial charge in [0.2, 0.25) is 0 Å². The first kappa shape index (κ1) is 13.7. The van der Waals surface area contributed by atoms with E-state index >= 15 is 0 Å². The highest BCUT2D eigenvalue weighted by molar-refractivity contribution is 5.94. The molecule has 1 saturated carbocycles. The minimum atomic E-state index is -0.912. The van der Waals surface area contributed by atoms with Gasteiger partial charge in [-0.15, -0.1) is 0 Å². The van der Waals surface area contributed by atoms with Crippen molar-refractivity contribution in [2.75, 3.05) is 19.0 Å². The van der Waals surface area contributed by atoms with Crippen LogP contribution in [0, 0.1) is 11.8 Å². The monoisotopic (exact) mass is 263 g/mol. The lowest BCUT2D eigenvalue weighted by molar-refractivity contribution is 0.0698. The normalized spacial score (nSPS) is 22.2. The van der Waals surface area contributed by atoms with Crippen molar-refractivity contribution in [1.29, 1.82) is 0 Å². The predicted octanol–water partition coefficient (Wildman–Crippen LogP) is 3.24. The summed E-state index contributed by atoms with van der Waals surface area (Å²) in [7, 11) is 1.58. The third-order valence-electron chi connectivity index (χ3n) is 4.05. The molecule has 0 amide bonds. The summed E-state index contributed by atoms with van der Waals surface area (Å²) in [5.41, 5.74) is 0.942. The van der Waals surface area contributed by atoms with E-state index < -0.39 is 5.97 Å². The van der Waals surface area contributed by atoms with Gasteiger partial charge in [-0.3, -0.25) is 0 Å². The Hall–Kier alpha value is -1.71. The molecular weight excluding hydrogens is 242 g/mol. The molecule has 4 heteroatoms. The van der Waals surface area contributed by atoms with Crippen LogP contribution in [0.15, 0.2) is 18.2 Å². The van der Waals surface area contributed by atoms with Crippen LogP contribution in [0.5, 0.6) is 5.75 Å². The third-order valence-corrected chi connectivity index (χ3v) is 4.05. The van der Waals surface area contributed by atoms with Crippen LogP contribution in [0.2, 0.25) is 0 Å². The lowest BCUT2D eigenvalue weighted by Crippen LogP contribution is -2.18. The van der Waals surface area contributed by atoms with E-state index in [2.05, 4.69) is 12.2 Å². The maximum absolute atomic E-state index is 11.2. The van der Waals surface area contributed by atoms with Crippen molar-refractivity contribution >= 4 is 11.7 Å². The molecule has 0 aromatic heterocycles. The number of nitrogens with one attached hydrogen (secondary N) is 1. The van der Waals surface area contributed by atoms with Crippen LogP contribution in [0.25, 0.3) is 0 Å². The summed E-state index contributed by atoms with van der Waals surface area (Å²) in [4.78, 5) is 11.2. The van der Waals surface area contributed by atoms with Crippen molar-refractivity contribution in [3.8, 4) is 5.75 Å². The van der Waals surface area contributed by atoms with Gasteiger partial charge < -0.3 is 15.2 Å². The van der Waals surface area contributed by atoms with Crippen LogP contribution in [0.4, 0.5) is 5.69 Å². The van der Waals surface area contributed by atoms with Gasteiger partial charge in [0.1, 0.15) is 5.75 Å². The summed E-state index contributed by atoms with van der Waals surface area (Å²) in [6.07, 6.45) is 3.77. The third kappa shape index (κ3) is 3.19. The first-order chi connectivity index (χ1) is 9.11. The van der Waals surface area contributed by atoms with Gasteiger partial charge in [-0.2, -0.15) is 0 Å². The Labute approximate surface area is 113 Å². The highest BCUT2D eigenvalue weighted by Gasteiger charge is 2.23. The second-order valence-corrected chi connectivity index (χ2v) is 5.27. The molecule has 104 valence electrons. The van der Waals surface area contributed by atoms with E-state index in [1.54, 1.807) is 25.3 Å². The first-order valence-corrected chi connectivity index (χ1v) is 6.77. The molecule has 2 N–H and O–H groups in total. The van der Waals surface area contributed by atoms with Gasteiger partial charge in [0, 0.05) is 12.6 Å². The molecule has 4 nitrogen and oxygen atoms in total. The summed E-state index contributed by atoms with van der Waals surface area (Å²) in [6, 6.07) is 5.01. The van der Waals surface area contributed by atoms with Crippen molar-refractivity contribution < 1.29 is 14.6 Å². The molecule has 1 fully saturated rings. The van der Waals surface area contributed by atoms with E-state index in [4.69, 9.17) is 4.74 Å². The maximum atomic E-state index is 11.2. The Bertz CT molecular complexity index is 459. The Morgan fingerprint density at radius 3 is 2.84 bits per heavy atom. The largest absolute Gasteiger partial charge is 0.497 e. The fourth-order valence-corrected chi connectivity index (χ4v) is 2.75. The zero-order valence-electron chi connectivity index (χ0n) is 11.5. The second-order valence-electron chi connectivity index (χ2n) is 5.27. The Morgan fingerprint density at radius 1 is 1.47 bits per heavy atom. The molecular formula is C15H21NO3. The molecule has 1 aliphatic rings. The number of ether oxygens (including phenoxy) is 1. The lowest BCUT2D eigenvalue weighted by Gasteiger charge is -2.18. The number of benzene rings is 1. The van der Waals surface area contributed by atoms with Crippen LogP contribution < -0.4 is 10.1 Å². The van der Waals surface area contributed by atoms with Crippen molar-refractivity contribution in [2.45, 2.75) is 26.2 Å². The number of rotatable bonds is 5. The smallest absolute Gasteiger partial charge is 0.337 e. The van der Waals surface area contributed by atoms with Gasteiger partial charge in [0.15, 0.2) is 0 Å². The van der Waals surface area contributed by atoms with E-state index in [0.717, 1.165) is 6.54 Å². The zero-order valence-corrected chi connectivity index (χ0v) is 11.5. The number of hydrogen-bond acceptors (Lipinski definition) is 3. The minimum Gasteiger partial charge on any atom is -0.497 e. The highest BCUT2D eigenvalue weighted by atomic mass is 16.5. The van der Waals surface area contributed by atoms with Crippen molar-refractivity contribution in [3.05, 3.63) is 23.8 Å². The number of methoxy groups -OCH3 is 1.